The molecule has 98 valence electrons. The fraction of sp³-hybridized carbons (Fsp3) is 0.333. The van der Waals surface area contributed by atoms with Gasteiger partial charge in [-0.05, 0) is 30.7 Å². The van der Waals surface area contributed by atoms with Crippen molar-refractivity contribution in [1.29, 1.82) is 0 Å². The Kier molecular flexibility index (Phi) is 5.51. The topological polar surface area (TPSA) is 58.4 Å². The summed E-state index contributed by atoms with van der Waals surface area (Å²) in [5, 5.41) is 2.66. The number of urea groups is 1. The van der Waals surface area contributed by atoms with Gasteiger partial charge in [0, 0.05) is 12.2 Å². The maximum Gasteiger partial charge on any atom is 0.322 e. The third-order valence-corrected chi connectivity index (χ3v) is 2.35. The van der Waals surface area contributed by atoms with Gasteiger partial charge in [0.1, 0.15) is 5.82 Å². The summed E-state index contributed by atoms with van der Waals surface area (Å²) in [6.45, 7) is 2.75. The van der Waals surface area contributed by atoms with Crippen LogP contribution < -0.4 is 11.1 Å². The number of nitrogens with zero attached hydrogens (tertiary/aromatic N) is 1. The summed E-state index contributed by atoms with van der Waals surface area (Å²) in [4.78, 5) is 13.7. The number of nitrogens with one attached hydrogen (secondary N) is 1. The Hall–Kier alpha value is -1.69. The molecule has 0 atom stereocenters. The third-order valence-electron chi connectivity index (χ3n) is 2.22. The van der Waals surface area contributed by atoms with Gasteiger partial charge in [0.15, 0.2) is 0 Å². The maximum absolute atomic E-state index is 12.7. The van der Waals surface area contributed by atoms with Gasteiger partial charge in [0.05, 0.1) is 11.5 Å². The van der Waals surface area contributed by atoms with E-state index in [1.165, 1.54) is 29.2 Å². The molecule has 0 saturated heterocycles. The average Bonchev–Trinajstić information content (AvgIpc) is 2.31. The Morgan fingerprint density at radius 1 is 1.44 bits per heavy atom. The molecule has 0 heterocycles. The molecule has 0 radical (unpaired) electrons. The molecule has 0 unspecified atom stereocenters. The lowest BCUT2D eigenvalue weighted by Gasteiger charge is -2.21. The minimum atomic E-state index is -0.346. The van der Waals surface area contributed by atoms with Crippen LogP contribution in [0.5, 0.6) is 0 Å². The van der Waals surface area contributed by atoms with Gasteiger partial charge in [-0.3, -0.25) is 0 Å². The Morgan fingerprint density at radius 3 is 2.56 bits per heavy atom. The van der Waals surface area contributed by atoms with Crippen molar-refractivity contribution >= 4 is 28.9 Å². The van der Waals surface area contributed by atoms with E-state index < -0.39 is 0 Å². The van der Waals surface area contributed by atoms with Crippen LogP contribution in [0.2, 0.25) is 0 Å². The molecule has 1 aromatic rings. The molecule has 0 aliphatic heterocycles. The molecule has 4 nitrogen and oxygen atoms in total. The Bertz CT molecular complexity index is 422. The number of halogens is 1. The molecular formula is C12H16FN3OS. The number of hydrogen-bond donors (Lipinski definition) is 2. The summed E-state index contributed by atoms with van der Waals surface area (Å²) in [6, 6.07) is 5.27. The lowest BCUT2D eigenvalue weighted by Crippen LogP contribution is -2.40. The molecule has 1 rings (SSSR count). The van der Waals surface area contributed by atoms with Crippen LogP contribution >= 0.6 is 12.2 Å². The minimum Gasteiger partial charge on any atom is -0.392 e. The molecule has 2 amide bonds. The summed E-state index contributed by atoms with van der Waals surface area (Å²) in [7, 11) is 0. The highest BCUT2D eigenvalue weighted by atomic mass is 32.1. The Morgan fingerprint density at radius 2 is 2.06 bits per heavy atom. The van der Waals surface area contributed by atoms with Crippen LogP contribution in [-0.4, -0.2) is 29.0 Å². The van der Waals surface area contributed by atoms with E-state index in [-0.39, 0.29) is 23.4 Å². The standard InChI is InChI=1S/C12H16FN3OS/c1-2-7-16(8-11(14)18)12(17)15-10-5-3-9(13)4-6-10/h3-6H,2,7-8H2,1H3,(H2,14,18)(H,15,17). The predicted octanol–water partition coefficient (Wildman–Crippen LogP) is 2.36. The molecule has 0 aliphatic rings. The normalized spacial score (nSPS) is 9.89. The zero-order chi connectivity index (χ0) is 13.5. The molecule has 0 aromatic heterocycles. The number of nitrogens with two attached hydrogens (primary N) is 1. The van der Waals surface area contributed by atoms with E-state index in [1.807, 2.05) is 6.92 Å². The van der Waals surface area contributed by atoms with Gasteiger partial charge in [0.2, 0.25) is 0 Å². The molecule has 0 bridgehead atoms. The number of hydrogen-bond acceptors (Lipinski definition) is 2. The molecule has 0 aliphatic carbocycles. The van der Waals surface area contributed by atoms with Crippen LogP contribution in [0.25, 0.3) is 0 Å². The van der Waals surface area contributed by atoms with Crippen LogP contribution in [0.15, 0.2) is 24.3 Å². The lowest BCUT2D eigenvalue weighted by molar-refractivity contribution is 0.219. The first-order valence-corrected chi connectivity index (χ1v) is 6.03. The van der Waals surface area contributed by atoms with Crippen molar-refractivity contribution in [1.82, 2.24) is 4.90 Å². The lowest BCUT2D eigenvalue weighted by atomic mass is 10.3. The van der Waals surface area contributed by atoms with Gasteiger partial charge in [-0.15, -0.1) is 0 Å². The fourth-order valence-corrected chi connectivity index (χ4v) is 1.60. The second kappa shape index (κ2) is 6.90. The first kappa shape index (κ1) is 14.4. The summed E-state index contributed by atoms with van der Waals surface area (Å²) in [5.41, 5.74) is 5.97. The number of amides is 2. The first-order valence-electron chi connectivity index (χ1n) is 5.62. The highest BCUT2D eigenvalue weighted by molar-refractivity contribution is 7.80. The van der Waals surface area contributed by atoms with Crippen molar-refractivity contribution in [2.75, 3.05) is 18.4 Å². The van der Waals surface area contributed by atoms with Gasteiger partial charge in [0.25, 0.3) is 0 Å². The number of anilines is 1. The third kappa shape index (κ3) is 4.67. The second-order valence-corrected chi connectivity index (χ2v) is 4.35. The number of benzene rings is 1. The van der Waals surface area contributed by atoms with Gasteiger partial charge < -0.3 is 16.0 Å². The number of carbonyl (C=O) groups is 1. The molecule has 18 heavy (non-hydrogen) atoms. The SMILES string of the molecule is CCCN(CC(N)=S)C(=O)Nc1ccc(F)cc1. The Labute approximate surface area is 111 Å². The summed E-state index contributed by atoms with van der Waals surface area (Å²) < 4.78 is 12.7. The molecule has 0 spiro atoms. The van der Waals surface area contributed by atoms with Gasteiger partial charge >= 0.3 is 6.03 Å². The number of thiocarbonyl (C=S) groups is 1. The van der Waals surface area contributed by atoms with E-state index >= 15 is 0 Å². The Balaban J connectivity index is 2.65. The van der Waals surface area contributed by atoms with E-state index in [9.17, 15) is 9.18 Å². The second-order valence-electron chi connectivity index (χ2n) is 3.82. The van der Waals surface area contributed by atoms with E-state index in [0.29, 0.717) is 12.2 Å². The van der Waals surface area contributed by atoms with Crippen LogP contribution in [-0.2, 0) is 0 Å². The monoisotopic (exact) mass is 269 g/mol. The maximum atomic E-state index is 12.7. The van der Waals surface area contributed by atoms with Crippen molar-refractivity contribution in [2.45, 2.75) is 13.3 Å². The van der Waals surface area contributed by atoms with E-state index in [1.54, 1.807) is 0 Å². The fourth-order valence-electron chi connectivity index (χ4n) is 1.45. The number of rotatable bonds is 5. The summed E-state index contributed by atoms with van der Waals surface area (Å²) in [6.07, 6.45) is 0.805. The molecule has 0 saturated carbocycles. The molecule has 3 N–H and O–H groups in total. The highest BCUT2D eigenvalue weighted by Gasteiger charge is 2.13. The quantitative estimate of drug-likeness (QED) is 0.807. The van der Waals surface area contributed by atoms with Crippen molar-refractivity contribution < 1.29 is 9.18 Å². The van der Waals surface area contributed by atoms with Crippen LogP contribution in [0.3, 0.4) is 0 Å². The predicted molar refractivity (Wildman–Crippen MR) is 74.1 cm³/mol. The number of carbonyl (C=O) groups excluding carboxylic acids is 1. The van der Waals surface area contributed by atoms with Crippen LogP contribution in [0, 0.1) is 5.82 Å². The zero-order valence-electron chi connectivity index (χ0n) is 10.1. The van der Waals surface area contributed by atoms with Crippen molar-refractivity contribution in [3.8, 4) is 0 Å². The molecule has 1 aromatic carbocycles. The van der Waals surface area contributed by atoms with Gasteiger partial charge in [-0.2, -0.15) is 0 Å². The van der Waals surface area contributed by atoms with E-state index in [4.69, 9.17) is 18.0 Å². The van der Waals surface area contributed by atoms with E-state index in [2.05, 4.69) is 5.32 Å². The van der Waals surface area contributed by atoms with Crippen molar-refractivity contribution in [3.05, 3.63) is 30.1 Å². The smallest absolute Gasteiger partial charge is 0.322 e. The highest BCUT2D eigenvalue weighted by Crippen LogP contribution is 2.09. The van der Waals surface area contributed by atoms with Crippen molar-refractivity contribution in [2.24, 2.45) is 5.73 Å². The van der Waals surface area contributed by atoms with E-state index in [0.717, 1.165) is 6.42 Å². The molecular weight excluding hydrogens is 253 g/mol. The summed E-state index contributed by atoms with van der Waals surface area (Å²) >= 11 is 4.79. The first-order chi connectivity index (χ1) is 8.52. The largest absolute Gasteiger partial charge is 0.392 e. The average molecular weight is 269 g/mol. The molecule has 6 heteroatoms. The minimum absolute atomic E-state index is 0.232. The summed E-state index contributed by atoms with van der Waals surface area (Å²) in [5.74, 6) is -0.346. The van der Waals surface area contributed by atoms with Crippen LogP contribution in [0.1, 0.15) is 13.3 Å². The van der Waals surface area contributed by atoms with Crippen molar-refractivity contribution in [3.63, 3.8) is 0 Å². The van der Waals surface area contributed by atoms with Gasteiger partial charge in [-0.1, -0.05) is 19.1 Å². The molecule has 0 fully saturated rings. The van der Waals surface area contributed by atoms with Gasteiger partial charge in [-0.25, -0.2) is 9.18 Å². The zero-order valence-corrected chi connectivity index (χ0v) is 11.0. The van der Waals surface area contributed by atoms with Crippen LogP contribution in [0.4, 0.5) is 14.9 Å².